The molecule has 0 aliphatic rings. The van der Waals surface area contributed by atoms with Crippen molar-refractivity contribution in [2.24, 2.45) is 11.5 Å². The van der Waals surface area contributed by atoms with Gasteiger partial charge in [-0.25, -0.2) is 4.79 Å². The van der Waals surface area contributed by atoms with Crippen LogP contribution >= 0.6 is 0 Å². The zero-order chi connectivity index (χ0) is 33.6. The molecule has 3 amide bonds. The molecule has 2 atom stereocenters. The highest BCUT2D eigenvalue weighted by Crippen LogP contribution is 2.28. The third-order valence-corrected chi connectivity index (χ3v) is 7.30. The van der Waals surface area contributed by atoms with Gasteiger partial charge in [0.05, 0.1) is 11.6 Å². The summed E-state index contributed by atoms with van der Waals surface area (Å²) in [5.74, 6) is -1.88. The van der Waals surface area contributed by atoms with Crippen molar-refractivity contribution in [1.82, 2.24) is 16.0 Å². The van der Waals surface area contributed by atoms with Crippen LogP contribution in [0.4, 0.5) is 4.79 Å². The SMILES string of the molecule is N=C(N)NCCC[C@H](NC(=O)[C@H](Cc1ccccc1)NC(=O)OCc1ccccc1)C(=O)COc1ccc2ccccc2c1C(N)=O. The number of nitrogens with one attached hydrogen (secondary N) is 4. The van der Waals surface area contributed by atoms with Gasteiger partial charge in [0.25, 0.3) is 5.91 Å². The molecule has 4 rings (SSSR count). The van der Waals surface area contributed by atoms with Crippen LogP contribution < -0.4 is 32.2 Å². The number of carbonyl (C=O) groups is 4. The van der Waals surface area contributed by atoms with E-state index in [9.17, 15) is 19.2 Å². The number of hydrogen-bond acceptors (Lipinski definition) is 7. The predicted octanol–water partition coefficient (Wildman–Crippen LogP) is 3.17. The van der Waals surface area contributed by atoms with E-state index in [0.29, 0.717) is 11.8 Å². The Balaban J connectivity index is 1.49. The van der Waals surface area contributed by atoms with Gasteiger partial charge < -0.3 is 36.9 Å². The zero-order valence-corrected chi connectivity index (χ0v) is 25.7. The molecule has 0 aromatic heterocycles. The molecule has 47 heavy (non-hydrogen) atoms. The molecule has 4 aromatic rings. The van der Waals surface area contributed by atoms with Crippen molar-refractivity contribution >= 4 is 40.4 Å². The minimum absolute atomic E-state index is 0.00993. The van der Waals surface area contributed by atoms with Crippen molar-refractivity contribution < 1.29 is 28.7 Å². The standard InChI is InChI=1S/C35H38N6O6/c36-32(43)31-26-15-8-7-14-25(26)17-18-30(31)46-22-29(42)27(16-9-19-39-34(37)38)40-33(44)28(20-23-10-3-1-4-11-23)41-35(45)47-21-24-12-5-2-6-13-24/h1-8,10-15,17-18,27-28H,9,16,19-22H2,(H2,36,43)(H,40,44)(H,41,45)(H4,37,38,39)/t27-,28-/m0/s1. The van der Waals surface area contributed by atoms with Gasteiger partial charge in [0.1, 0.15) is 25.0 Å². The molecule has 0 bridgehead atoms. The number of rotatable bonds is 16. The number of guanidine groups is 1. The molecule has 0 radical (unpaired) electrons. The van der Waals surface area contributed by atoms with Crippen LogP contribution in [0.5, 0.6) is 5.75 Å². The molecule has 0 aliphatic heterocycles. The third kappa shape index (κ3) is 10.3. The van der Waals surface area contributed by atoms with Crippen LogP contribution in [0.25, 0.3) is 10.8 Å². The number of carbonyl (C=O) groups excluding carboxylic acids is 4. The van der Waals surface area contributed by atoms with Crippen LogP contribution in [-0.2, 0) is 27.4 Å². The van der Waals surface area contributed by atoms with E-state index in [2.05, 4.69) is 16.0 Å². The molecule has 0 spiro atoms. The Morgan fingerprint density at radius 2 is 1.43 bits per heavy atom. The van der Waals surface area contributed by atoms with E-state index in [-0.39, 0.29) is 43.3 Å². The van der Waals surface area contributed by atoms with Crippen LogP contribution in [-0.4, -0.2) is 54.9 Å². The lowest BCUT2D eigenvalue weighted by atomic mass is 10.0. The second kappa shape index (κ2) is 17.0. The van der Waals surface area contributed by atoms with Crippen molar-refractivity contribution in [3.63, 3.8) is 0 Å². The van der Waals surface area contributed by atoms with E-state index < -0.39 is 42.4 Å². The number of fused-ring (bicyclic) bond motifs is 1. The highest BCUT2D eigenvalue weighted by atomic mass is 16.5. The molecular weight excluding hydrogens is 600 g/mol. The smallest absolute Gasteiger partial charge is 0.408 e. The van der Waals surface area contributed by atoms with Gasteiger partial charge in [-0.05, 0) is 40.8 Å². The summed E-state index contributed by atoms with van der Waals surface area (Å²) in [4.78, 5) is 52.3. The number of alkyl carbamates (subject to hydrolysis) is 1. The Kier molecular flexibility index (Phi) is 12.3. The van der Waals surface area contributed by atoms with Crippen LogP contribution in [0.1, 0.15) is 34.3 Å². The first-order valence-electron chi connectivity index (χ1n) is 15.1. The molecule has 8 N–H and O–H groups in total. The number of primary amides is 1. The first-order chi connectivity index (χ1) is 22.7. The number of benzene rings is 4. The second-order valence-corrected chi connectivity index (χ2v) is 10.8. The van der Waals surface area contributed by atoms with Crippen molar-refractivity contribution in [3.05, 3.63) is 114 Å². The van der Waals surface area contributed by atoms with E-state index in [1.165, 1.54) is 0 Å². The summed E-state index contributed by atoms with van der Waals surface area (Å²) in [6, 6.07) is 26.6. The third-order valence-electron chi connectivity index (χ3n) is 7.30. The monoisotopic (exact) mass is 638 g/mol. The number of hydrogen-bond donors (Lipinski definition) is 6. The number of ether oxygens (including phenoxy) is 2. The van der Waals surface area contributed by atoms with Gasteiger partial charge in [-0.15, -0.1) is 0 Å². The molecule has 0 heterocycles. The molecule has 12 nitrogen and oxygen atoms in total. The van der Waals surface area contributed by atoms with E-state index in [4.69, 9.17) is 26.4 Å². The zero-order valence-electron chi connectivity index (χ0n) is 25.7. The summed E-state index contributed by atoms with van der Waals surface area (Å²) in [5.41, 5.74) is 12.8. The average Bonchev–Trinajstić information content (AvgIpc) is 3.07. The minimum atomic E-state index is -1.07. The molecule has 4 aromatic carbocycles. The normalized spacial score (nSPS) is 11.9. The number of Topliss-reactive ketones (excluding diaryl/α,β-unsaturated/α-hetero) is 1. The summed E-state index contributed by atoms with van der Waals surface area (Å²) >= 11 is 0. The number of amides is 3. The summed E-state index contributed by atoms with van der Waals surface area (Å²) < 4.78 is 11.2. The quantitative estimate of drug-likeness (QED) is 0.0611. The Morgan fingerprint density at radius 1 is 0.766 bits per heavy atom. The van der Waals surface area contributed by atoms with Gasteiger partial charge in [0.2, 0.25) is 5.91 Å². The van der Waals surface area contributed by atoms with Crippen LogP contribution in [0, 0.1) is 5.41 Å². The molecular formula is C35H38N6O6. The van der Waals surface area contributed by atoms with Gasteiger partial charge in [0.15, 0.2) is 11.7 Å². The molecule has 0 aliphatic carbocycles. The maximum Gasteiger partial charge on any atom is 0.408 e. The van der Waals surface area contributed by atoms with Crippen LogP contribution in [0.15, 0.2) is 97.1 Å². The van der Waals surface area contributed by atoms with Gasteiger partial charge in [-0.3, -0.25) is 19.8 Å². The van der Waals surface area contributed by atoms with Crippen LogP contribution in [0.3, 0.4) is 0 Å². The van der Waals surface area contributed by atoms with Crippen molar-refractivity contribution in [2.45, 2.75) is 38.0 Å². The number of ketones is 1. The second-order valence-electron chi connectivity index (χ2n) is 10.8. The van der Waals surface area contributed by atoms with Crippen LogP contribution in [0.2, 0.25) is 0 Å². The maximum atomic E-state index is 13.7. The van der Waals surface area contributed by atoms with E-state index in [1.807, 2.05) is 72.8 Å². The average molecular weight is 639 g/mol. The fraction of sp³-hybridized carbons (Fsp3) is 0.229. The summed E-state index contributed by atoms with van der Waals surface area (Å²) in [6.07, 6.45) is -0.119. The van der Waals surface area contributed by atoms with Gasteiger partial charge in [-0.2, -0.15) is 0 Å². The summed E-state index contributed by atoms with van der Waals surface area (Å²) in [7, 11) is 0. The van der Waals surface area contributed by atoms with Gasteiger partial charge >= 0.3 is 6.09 Å². The Bertz CT molecular complexity index is 1700. The first-order valence-corrected chi connectivity index (χ1v) is 15.1. The Hall–Kier alpha value is -5.91. The molecule has 12 heteroatoms. The maximum absolute atomic E-state index is 13.7. The van der Waals surface area contributed by atoms with Gasteiger partial charge in [0, 0.05) is 13.0 Å². The van der Waals surface area contributed by atoms with Crippen molar-refractivity contribution in [2.75, 3.05) is 13.2 Å². The van der Waals surface area contributed by atoms with E-state index >= 15 is 0 Å². The number of nitrogens with two attached hydrogens (primary N) is 2. The fourth-order valence-electron chi connectivity index (χ4n) is 4.96. The summed E-state index contributed by atoms with van der Waals surface area (Å²) in [6.45, 7) is -0.181. The predicted molar refractivity (Wildman–Crippen MR) is 178 cm³/mol. The molecule has 0 saturated heterocycles. The van der Waals surface area contributed by atoms with E-state index in [1.54, 1.807) is 24.3 Å². The molecule has 0 fully saturated rings. The van der Waals surface area contributed by atoms with Crippen molar-refractivity contribution in [3.8, 4) is 5.75 Å². The summed E-state index contributed by atoms with van der Waals surface area (Å²) in [5, 5.41) is 16.8. The fourth-order valence-corrected chi connectivity index (χ4v) is 4.96. The largest absolute Gasteiger partial charge is 0.485 e. The first kappa shape index (κ1) is 34.0. The van der Waals surface area contributed by atoms with E-state index in [0.717, 1.165) is 16.5 Å². The Morgan fingerprint density at radius 3 is 2.11 bits per heavy atom. The highest BCUT2D eigenvalue weighted by Gasteiger charge is 2.28. The Labute approximate surface area is 272 Å². The molecule has 0 unspecified atom stereocenters. The lowest BCUT2D eigenvalue weighted by molar-refractivity contribution is -0.130. The molecule has 0 saturated carbocycles. The van der Waals surface area contributed by atoms with Gasteiger partial charge in [-0.1, -0.05) is 91.0 Å². The molecule has 244 valence electrons. The topological polar surface area (TPSA) is 199 Å². The highest BCUT2D eigenvalue weighted by molar-refractivity contribution is 6.09. The minimum Gasteiger partial charge on any atom is -0.485 e. The van der Waals surface area contributed by atoms with Crippen molar-refractivity contribution in [1.29, 1.82) is 5.41 Å². The lowest BCUT2D eigenvalue weighted by Gasteiger charge is -2.23. The lowest BCUT2D eigenvalue weighted by Crippen LogP contribution is -2.53.